The van der Waals surface area contributed by atoms with Gasteiger partial charge in [-0.25, -0.2) is 4.79 Å². The highest BCUT2D eigenvalue weighted by atomic mass is 32.2. The number of carbonyl (C=O) groups excluding carboxylic acids is 2. The van der Waals surface area contributed by atoms with Gasteiger partial charge in [0.25, 0.3) is 5.03 Å². The molecule has 1 N–H and O–H groups in total. The van der Waals surface area contributed by atoms with Crippen LogP contribution in [0, 0.1) is 0 Å². The zero-order valence-electron chi connectivity index (χ0n) is 20.1. The summed E-state index contributed by atoms with van der Waals surface area (Å²) in [4.78, 5) is 26.6. The molecule has 5 rings (SSSR count). The third-order valence-electron chi connectivity index (χ3n) is 6.32. The van der Waals surface area contributed by atoms with Gasteiger partial charge in [-0.2, -0.15) is 0 Å². The van der Waals surface area contributed by atoms with Crippen molar-refractivity contribution in [3.63, 3.8) is 0 Å². The number of hydrogen-bond donors (Lipinski definition) is 1. The number of nitrogens with one attached hydrogen (secondary N) is 1. The van der Waals surface area contributed by atoms with Crippen LogP contribution in [0.15, 0.2) is 70.2 Å². The second-order valence-corrected chi connectivity index (χ2v) is 10.8. The zero-order valence-corrected chi connectivity index (χ0v) is 21.8. The minimum Gasteiger partial charge on any atom is -0.538 e. The van der Waals surface area contributed by atoms with Crippen LogP contribution in [0.1, 0.15) is 45.1 Å². The number of hydrogen-bond acceptors (Lipinski definition) is 8. The van der Waals surface area contributed by atoms with Crippen molar-refractivity contribution in [3.8, 4) is 11.6 Å². The Morgan fingerprint density at radius 2 is 1.92 bits per heavy atom. The Balaban J connectivity index is 1.27. The number of thiophene rings is 1. The van der Waals surface area contributed by atoms with Crippen molar-refractivity contribution >= 4 is 40.0 Å². The van der Waals surface area contributed by atoms with Gasteiger partial charge in [-0.15, -0.1) is 11.3 Å². The summed E-state index contributed by atoms with van der Waals surface area (Å²) >= 11 is 2.65. The van der Waals surface area contributed by atoms with Gasteiger partial charge in [0.15, 0.2) is 5.95 Å². The molecule has 190 valence electrons. The number of fused-ring (bicyclic) bond motifs is 1. The van der Waals surface area contributed by atoms with Gasteiger partial charge in [0.1, 0.15) is 5.00 Å². The van der Waals surface area contributed by atoms with Gasteiger partial charge in [0.05, 0.1) is 17.9 Å². The summed E-state index contributed by atoms with van der Waals surface area (Å²) in [6, 6.07) is 19.5. The molecular formula is C27H25N3O5S2. The number of anilines is 1. The van der Waals surface area contributed by atoms with Crippen molar-refractivity contribution in [2.75, 3.05) is 18.2 Å². The largest absolute Gasteiger partial charge is 0.538 e. The van der Waals surface area contributed by atoms with E-state index in [1.807, 2.05) is 48.5 Å². The van der Waals surface area contributed by atoms with E-state index in [0.717, 1.165) is 29.7 Å². The van der Waals surface area contributed by atoms with E-state index in [4.69, 9.17) is 9.26 Å². The first-order chi connectivity index (χ1) is 18.0. The molecule has 2 heterocycles. The SMILES string of the molecule is COC(=O)c1c(NC(=O)CCSc2c([O-])on[n+]2-c2ccccc2)sc2c1CCC(c1ccccc1)C2. The molecule has 2 aromatic heterocycles. The number of carbonyl (C=O) groups is 2. The lowest BCUT2D eigenvalue weighted by molar-refractivity contribution is -0.705. The van der Waals surface area contributed by atoms with Gasteiger partial charge >= 0.3 is 5.97 Å². The van der Waals surface area contributed by atoms with E-state index in [9.17, 15) is 14.7 Å². The Kier molecular flexibility index (Phi) is 7.57. The summed E-state index contributed by atoms with van der Waals surface area (Å²) in [6.07, 6.45) is 2.64. The standard InChI is InChI=1S/C27H25N3O5S2/c1-34-26(32)23-20-13-12-18(17-8-4-2-5-9-17)16-21(20)37-24(23)28-22(31)14-15-36-25-27(33)35-29-30(25)19-10-6-3-7-11-19/h2-11,18H,12-16H2,1H3,(H-,28,29,31,32,33). The maximum atomic E-state index is 12.8. The molecular weight excluding hydrogens is 510 g/mol. The van der Waals surface area contributed by atoms with Crippen molar-refractivity contribution in [1.82, 2.24) is 5.27 Å². The summed E-state index contributed by atoms with van der Waals surface area (Å²) in [6.45, 7) is 0. The Morgan fingerprint density at radius 3 is 2.65 bits per heavy atom. The molecule has 0 saturated carbocycles. The number of methoxy groups -OCH3 is 1. The number of para-hydroxylation sites is 1. The van der Waals surface area contributed by atoms with Crippen molar-refractivity contribution in [2.24, 2.45) is 0 Å². The topological polar surface area (TPSA) is 108 Å². The summed E-state index contributed by atoms with van der Waals surface area (Å²) in [7, 11) is 1.35. The van der Waals surface area contributed by atoms with Gasteiger partial charge in [-0.1, -0.05) is 60.3 Å². The minimum atomic E-state index is -0.554. The molecule has 10 heteroatoms. The monoisotopic (exact) mass is 535 g/mol. The van der Waals surface area contributed by atoms with Crippen molar-refractivity contribution in [1.29, 1.82) is 0 Å². The first-order valence-corrected chi connectivity index (χ1v) is 13.7. The third kappa shape index (κ3) is 5.40. The highest BCUT2D eigenvalue weighted by molar-refractivity contribution is 7.99. The molecule has 8 nitrogen and oxygen atoms in total. The minimum absolute atomic E-state index is 0.139. The van der Waals surface area contributed by atoms with Crippen LogP contribution in [0.25, 0.3) is 5.69 Å². The van der Waals surface area contributed by atoms with Crippen LogP contribution in [0.2, 0.25) is 0 Å². The number of benzene rings is 2. The quantitative estimate of drug-likeness (QED) is 0.204. The van der Waals surface area contributed by atoms with Gasteiger partial charge in [-0.05, 0) is 41.0 Å². The third-order valence-corrected chi connectivity index (χ3v) is 8.51. The van der Waals surface area contributed by atoms with Gasteiger partial charge < -0.3 is 19.7 Å². The lowest BCUT2D eigenvalue weighted by Gasteiger charge is -2.22. The highest BCUT2D eigenvalue weighted by Gasteiger charge is 2.30. The average Bonchev–Trinajstić information content (AvgIpc) is 3.48. The fraction of sp³-hybridized carbons (Fsp3) is 0.259. The fourth-order valence-electron chi connectivity index (χ4n) is 4.53. The predicted molar refractivity (Wildman–Crippen MR) is 138 cm³/mol. The number of aromatic nitrogens is 2. The maximum Gasteiger partial charge on any atom is 0.341 e. The Labute approximate surface area is 222 Å². The average molecular weight is 536 g/mol. The van der Waals surface area contributed by atoms with Crippen molar-refractivity contribution in [2.45, 2.75) is 36.6 Å². The van der Waals surface area contributed by atoms with E-state index in [2.05, 4.69) is 22.7 Å². The molecule has 1 atom stereocenters. The number of ether oxygens (including phenoxy) is 1. The molecule has 1 unspecified atom stereocenters. The summed E-state index contributed by atoms with van der Waals surface area (Å²) in [5.74, 6) is -0.528. The lowest BCUT2D eigenvalue weighted by Crippen LogP contribution is -2.34. The highest BCUT2D eigenvalue weighted by Crippen LogP contribution is 2.42. The van der Waals surface area contributed by atoms with Gasteiger partial charge in [0, 0.05) is 29.2 Å². The van der Waals surface area contributed by atoms with Gasteiger partial charge in [0.2, 0.25) is 11.6 Å². The molecule has 0 fully saturated rings. The van der Waals surface area contributed by atoms with Crippen LogP contribution in [0.5, 0.6) is 5.95 Å². The molecule has 1 aliphatic rings. The fourth-order valence-corrected chi connectivity index (χ4v) is 6.75. The Bertz CT molecular complexity index is 1400. The van der Waals surface area contributed by atoms with Gasteiger partial charge in [-0.3, -0.25) is 4.79 Å². The molecule has 2 aromatic carbocycles. The smallest absolute Gasteiger partial charge is 0.341 e. The van der Waals surface area contributed by atoms with E-state index < -0.39 is 11.9 Å². The first kappa shape index (κ1) is 25.0. The number of amides is 1. The molecule has 0 radical (unpaired) electrons. The van der Waals surface area contributed by atoms with Crippen molar-refractivity contribution in [3.05, 3.63) is 82.2 Å². The first-order valence-electron chi connectivity index (χ1n) is 11.9. The molecule has 1 aliphatic carbocycles. The van der Waals surface area contributed by atoms with Crippen LogP contribution in [0.3, 0.4) is 0 Å². The molecule has 4 aromatic rings. The second-order valence-electron chi connectivity index (χ2n) is 8.61. The van der Waals surface area contributed by atoms with E-state index in [1.165, 1.54) is 40.5 Å². The Morgan fingerprint density at radius 1 is 1.19 bits per heavy atom. The van der Waals surface area contributed by atoms with E-state index in [1.54, 1.807) is 0 Å². The molecule has 0 spiro atoms. The second kappa shape index (κ2) is 11.2. The van der Waals surface area contributed by atoms with Crippen LogP contribution in [-0.4, -0.2) is 30.0 Å². The summed E-state index contributed by atoms with van der Waals surface area (Å²) in [5.41, 5.74) is 3.40. The molecule has 0 saturated heterocycles. The molecule has 0 bridgehead atoms. The zero-order chi connectivity index (χ0) is 25.8. The maximum absolute atomic E-state index is 12.8. The Hall–Kier alpha value is -3.63. The normalized spacial score (nSPS) is 14.7. The summed E-state index contributed by atoms with van der Waals surface area (Å²) < 4.78 is 11.3. The molecule has 1 amide bonds. The van der Waals surface area contributed by atoms with Crippen LogP contribution >= 0.6 is 23.1 Å². The van der Waals surface area contributed by atoms with E-state index in [-0.39, 0.29) is 12.3 Å². The predicted octanol–water partition coefficient (Wildman–Crippen LogP) is 4.27. The molecule has 37 heavy (non-hydrogen) atoms. The van der Waals surface area contributed by atoms with E-state index >= 15 is 0 Å². The number of rotatable bonds is 8. The number of thioether (sulfide) groups is 1. The van der Waals surface area contributed by atoms with Crippen LogP contribution in [-0.2, 0) is 22.4 Å². The van der Waals surface area contributed by atoms with Crippen LogP contribution in [0.4, 0.5) is 5.00 Å². The number of nitrogens with zero attached hydrogens (tertiary/aromatic N) is 2. The van der Waals surface area contributed by atoms with E-state index in [0.29, 0.717) is 32.9 Å². The van der Waals surface area contributed by atoms with Crippen LogP contribution < -0.4 is 15.1 Å². The summed E-state index contributed by atoms with van der Waals surface area (Å²) in [5, 5.41) is 19.7. The van der Waals surface area contributed by atoms with Crippen molar-refractivity contribution < 1.29 is 28.6 Å². The lowest BCUT2D eigenvalue weighted by atomic mass is 9.83. The molecule has 0 aliphatic heterocycles. The number of esters is 1.